The van der Waals surface area contributed by atoms with E-state index in [9.17, 15) is 4.79 Å². The molecule has 0 fully saturated rings. The summed E-state index contributed by atoms with van der Waals surface area (Å²) in [6, 6.07) is 17.8. The number of hydrogen-bond donors (Lipinski definition) is 1. The first-order valence-corrected chi connectivity index (χ1v) is 8.58. The largest absolute Gasteiger partial charge is 0.345 e. The zero-order valence-electron chi connectivity index (χ0n) is 14.9. The van der Waals surface area contributed by atoms with Crippen LogP contribution >= 0.6 is 0 Å². The van der Waals surface area contributed by atoms with Gasteiger partial charge in [0, 0.05) is 23.9 Å². The molecule has 1 heterocycles. The van der Waals surface area contributed by atoms with Gasteiger partial charge >= 0.3 is 0 Å². The first kappa shape index (κ1) is 17.0. The van der Waals surface area contributed by atoms with Gasteiger partial charge in [0.05, 0.1) is 11.7 Å². The van der Waals surface area contributed by atoms with Crippen LogP contribution < -0.4 is 5.32 Å². The second-order valence-corrected chi connectivity index (χ2v) is 6.16. The van der Waals surface area contributed by atoms with Gasteiger partial charge in [0.15, 0.2) is 0 Å². The summed E-state index contributed by atoms with van der Waals surface area (Å²) in [5, 5.41) is 7.50. The Kier molecular flexibility index (Phi) is 4.98. The van der Waals surface area contributed by atoms with Gasteiger partial charge in [-0.05, 0) is 44.0 Å². The van der Waals surface area contributed by atoms with Crippen molar-refractivity contribution in [2.45, 2.75) is 33.4 Å². The smallest absolute Gasteiger partial charge is 0.251 e. The molecule has 0 aliphatic heterocycles. The second-order valence-electron chi connectivity index (χ2n) is 6.16. The van der Waals surface area contributed by atoms with Crippen LogP contribution in [0.5, 0.6) is 0 Å². The number of carbonyl (C=O) groups excluding carboxylic acids is 1. The third kappa shape index (κ3) is 3.79. The summed E-state index contributed by atoms with van der Waals surface area (Å²) in [6.07, 6.45) is 2.00. The summed E-state index contributed by atoms with van der Waals surface area (Å²) in [4.78, 5) is 12.5. The Morgan fingerprint density at radius 1 is 1.08 bits per heavy atom. The van der Waals surface area contributed by atoms with E-state index in [1.807, 2.05) is 74.1 Å². The molecule has 4 nitrogen and oxygen atoms in total. The Bertz CT molecular complexity index is 851. The topological polar surface area (TPSA) is 46.9 Å². The molecule has 3 rings (SSSR count). The van der Waals surface area contributed by atoms with Crippen LogP contribution in [-0.4, -0.2) is 15.7 Å². The van der Waals surface area contributed by atoms with Crippen molar-refractivity contribution < 1.29 is 4.79 Å². The van der Waals surface area contributed by atoms with Gasteiger partial charge in [-0.1, -0.05) is 42.5 Å². The fourth-order valence-corrected chi connectivity index (χ4v) is 2.92. The van der Waals surface area contributed by atoms with Gasteiger partial charge in [0.2, 0.25) is 0 Å². The molecule has 128 valence electrons. The Hall–Kier alpha value is -2.88. The fraction of sp³-hybridized carbons (Fsp3) is 0.238. The molecule has 1 aromatic heterocycles. The summed E-state index contributed by atoms with van der Waals surface area (Å²) < 4.78 is 1.89. The van der Waals surface area contributed by atoms with Crippen LogP contribution in [0.25, 0.3) is 11.1 Å². The average molecular weight is 333 g/mol. The van der Waals surface area contributed by atoms with Gasteiger partial charge in [-0.25, -0.2) is 0 Å². The number of carbonyl (C=O) groups is 1. The molecule has 1 atom stereocenters. The molecule has 1 N–H and O–H groups in total. The quantitative estimate of drug-likeness (QED) is 0.753. The summed E-state index contributed by atoms with van der Waals surface area (Å²) in [6.45, 7) is 6.83. The standard InChI is InChI=1S/C21H23N3O/c1-4-24-14-20(16(3)23-24)15(2)22-21(25)19-12-10-18(11-13-19)17-8-6-5-7-9-17/h5-15H,4H2,1-3H3,(H,22,25). The average Bonchev–Trinajstić information content (AvgIpc) is 3.03. The van der Waals surface area contributed by atoms with Gasteiger partial charge in [0.1, 0.15) is 0 Å². The fourth-order valence-electron chi connectivity index (χ4n) is 2.92. The first-order chi connectivity index (χ1) is 12.1. The minimum atomic E-state index is -0.0819. The van der Waals surface area contributed by atoms with Crippen molar-refractivity contribution >= 4 is 5.91 Å². The van der Waals surface area contributed by atoms with Gasteiger partial charge in [0.25, 0.3) is 5.91 Å². The molecule has 1 unspecified atom stereocenters. The van der Waals surface area contributed by atoms with Crippen molar-refractivity contribution in [1.82, 2.24) is 15.1 Å². The van der Waals surface area contributed by atoms with Crippen molar-refractivity contribution in [3.63, 3.8) is 0 Å². The maximum Gasteiger partial charge on any atom is 0.251 e. The van der Waals surface area contributed by atoms with Gasteiger partial charge in [-0.15, -0.1) is 0 Å². The third-order valence-corrected chi connectivity index (χ3v) is 4.38. The zero-order chi connectivity index (χ0) is 17.8. The van der Waals surface area contributed by atoms with E-state index < -0.39 is 0 Å². The highest BCUT2D eigenvalue weighted by Gasteiger charge is 2.15. The SMILES string of the molecule is CCn1cc(C(C)NC(=O)c2ccc(-c3ccccc3)cc2)c(C)n1. The van der Waals surface area contributed by atoms with Crippen molar-refractivity contribution in [3.05, 3.63) is 77.6 Å². The monoisotopic (exact) mass is 333 g/mol. The predicted molar refractivity (Wildman–Crippen MR) is 100 cm³/mol. The van der Waals surface area contributed by atoms with Crippen LogP contribution in [0, 0.1) is 6.92 Å². The molecular weight excluding hydrogens is 310 g/mol. The number of nitrogens with one attached hydrogen (secondary N) is 1. The van der Waals surface area contributed by atoms with E-state index in [2.05, 4.69) is 22.5 Å². The van der Waals surface area contributed by atoms with Crippen LogP contribution in [0.3, 0.4) is 0 Å². The molecule has 2 aromatic carbocycles. The van der Waals surface area contributed by atoms with E-state index in [0.29, 0.717) is 5.56 Å². The van der Waals surface area contributed by atoms with E-state index in [0.717, 1.165) is 28.9 Å². The van der Waals surface area contributed by atoms with Gasteiger partial charge in [-0.2, -0.15) is 5.10 Å². The maximum atomic E-state index is 12.5. The van der Waals surface area contributed by atoms with Crippen LogP contribution in [0.1, 0.15) is 41.5 Å². The number of amides is 1. The minimum absolute atomic E-state index is 0.0734. The molecule has 0 aliphatic rings. The molecule has 0 aliphatic carbocycles. The van der Waals surface area contributed by atoms with E-state index >= 15 is 0 Å². The predicted octanol–water partition coefficient (Wildman–Crippen LogP) is 4.37. The molecule has 0 radical (unpaired) electrons. The van der Waals surface area contributed by atoms with Gasteiger partial charge in [-0.3, -0.25) is 9.48 Å². The number of rotatable bonds is 5. The lowest BCUT2D eigenvalue weighted by molar-refractivity contribution is 0.0940. The highest BCUT2D eigenvalue weighted by atomic mass is 16.1. The summed E-state index contributed by atoms with van der Waals surface area (Å²) >= 11 is 0. The van der Waals surface area contributed by atoms with Crippen LogP contribution in [-0.2, 0) is 6.54 Å². The molecule has 0 bridgehead atoms. The number of aryl methyl sites for hydroxylation is 2. The first-order valence-electron chi connectivity index (χ1n) is 8.58. The lowest BCUT2D eigenvalue weighted by Crippen LogP contribution is -2.26. The van der Waals surface area contributed by atoms with Gasteiger partial charge < -0.3 is 5.32 Å². The van der Waals surface area contributed by atoms with Crippen molar-refractivity contribution in [1.29, 1.82) is 0 Å². The van der Waals surface area contributed by atoms with E-state index in [1.54, 1.807) is 0 Å². The number of aromatic nitrogens is 2. The number of nitrogens with zero attached hydrogens (tertiary/aromatic N) is 2. The lowest BCUT2D eigenvalue weighted by Gasteiger charge is -2.13. The highest BCUT2D eigenvalue weighted by molar-refractivity contribution is 5.94. The molecule has 0 saturated carbocycles. The molecule has 0 spiro atoms. The molecule has 1 amide bonds. The third-order valence-electron chi connectivity index (χ3n) is 4.38. The van der Waals surface area contributed by atoms with E-state index in [1.165, 1.54) is 0 Å². The van der Waals surface area contributed by atoms with Crippen molar-refractivity contribution in [3.8, 4) is 11.1 Å². The summed E-state index contributed by atoms with van der Waals surface area (Å²) in [5.74, 6) is -0.0734. The Balaban J connectivity index is 1.71. The highest BCUT2D eigenvalue weighted by Crippen LogP contribution is 2.20. The normalized spacial score (nSPS) is 12.0. The van der Waals surface area contributed by atoms with Crippen LogP contribution in [0.4, 0.5) is 0 Å². The zero-order valence-corrected chi connectivity index (χ0v) is 14.9. The maximum absolute atomic E-state index is 12.5. The minimum Gasteiger partial charge on any atom is -0.345 e. The van der Waals surface area contributed by atoms with Crippen LogP contribution in [0.2, 0.25) is 0 Å². The molecule has 0 saturated heterocycles. The summed E-state index contributed by atoms with van der Waals surface area (Å²) in [7, 11) is 0. The molecular formula is C21H23N3O. The molecule has 25 heavy (non-hydrogen) atoms. The number of benzene rings is 2. The Morgan fingerprint density at radius 3 is 2.32 bits per heavy atom. The molecule has 4 heteroatoms. The molecule has 3 aromatic rings. The Morgan fingerprint density at radius 2 is 1.72 bits per heavy atom. The lowest BCUT2D eigenvalue weighted by atomic mass is 10.0. The summed E-state index contributed by atoms with van der Waals surface area (Å²) in [5.41, 5.74) is 4.91. The number of hydrogen-bond acceptors (Lipinski definition) is 2. The Labute approximate surface area is 148 Å². The van der Waals surface area contributed by atoms with Crippen LogP contribution in [0.15, 0.2) is 60.8 Å². The van der Waals surface area contributed by atoms with Crippen molar-refractivity contribution in [2.75, 3.05) is 0 Å². The van der Waals surface area contributed by atoms with E-state index in [-0.39, 0.29) is 11.9 Å². The van der Waals surface area contributed by atoms with Crippen molar-refractivity contribution in [2.24, 2.45) is 0 Å². The second kappa shape index (κ2) is 7.34. The van der Waals surface area contributed by atoms with E-state index in [4.69, 9.17) is 0 Å².